The summed E-state index contributed by atoms with van der Waals surface area (Å²) in [5.41, 5.74) is 0. The number of rotatable bonds is 7. The number of hydrogen-bond donors (Lipinski definition) is 0. The summed E-state index contributed by atoms with van der Waals surface area (Å²) >= 11 is 7.27. The molecule has 0 aromatic heterocycles. The molecule has 2 nitrogen and oxygen atoms in total. The number of carbonyl (C=O) groups excluding carboxylic acids is 1. The number of amides is 1. The number of alkyl halides is 1. The molecule has 0 heterocycles. The Kier molecular flexibility index (Phi) is 7.21. The maximum atomic E-state index is 12.1. The lowest BCUT2D eigenvalue weighted by Crippen LogP contribution is -2.39. The summed E-state index contributed by atoms with van der Waals surface area (Å²) < 4.78 is 0. The van der Waals surface area contributed by atoms with Crippen LogP contribution in [0.2, 0.25) is 0 Å². The Morgan fingerprint density at radius 2 is 2.00 bits per heavy atom. The van der Waals surface area contributed by atoms with E-state index in [2.05, 4.69) is 0 Å². The molecule has 0 atom stereocenters. The number of carbonyl (C=O) groups is 1. The first-order valence-electron chi connectivity index (χ1n) is 6.18. The fraction of sp³-hybridized carbons (Fsp3) is 0.500. The van der Waals surface area contributed by atoms with Gasteiger partial charge >= 0.3 is 0 Å². The first kappa shape index (κ1) is 15.4. The van der Waals surface area contributed by atoms with Crippen molar-refractivity contribution in [1.82, 2.24) is 4.90 Å². The van der Waals surface area contributed by atoms with Gasteiger partial charge in [-0.05, 0) is 32.4 Å². The van der Waals surface area contributed by atoms with E-state index in [0.717, 1.165) is 17.9 Å². The van der Waals surface area contributed by atoms with Crippen LogP contribution in [0.5, 0.6) is 0 Å². The second-order valence-electron chi connectivity index (χ2n) is 4.33. The van der Waals surface area contributed by atoms with Gasteiger partial charge in [0, 0.05) is 23.4 Å². The largest absolute Gasteiger partial charge is 0.340 e. The Morgan fingerprint density at radius 3 is 2.56 bits per heavy atom. The molecule has 18 heavy (non-hydrogen) atoms. The van der Waals surface area contributed by atoms with Gasteiger partial charge in [-0.15, -0.1) is 23.4 Å². The van der Waals surface area contributed by atoms with E-state index in [1.165, 1.54) is 0 Å². The molecule has 0 fully saturated rings. The fourth-order valence-electron chi connectivity index (χ4n) is 1.65. The summed E-state index contributed by atoms with van der Waals surface area (Å²) in [5.74, 6) is 1.27. The zero-order chi connectivity index (χ0) is 13.4. The van der Waals surface area contributed by atoms with E-state index in [1.54, 1.807) is 11.8 Å². The molecule has 0 bridgehead atoms. The van der Waals surface area contributed by atoms with E-state index >= 15 is 0 Å². The number of nitrogens with zero attached hydrogens (tertiary/aromatic N) is 1. The fourth-order valence-corrected chi connectivity index (χ4v) is 2.57. The van der Waals surface area contributed by atoms with Crippen molar-refractivity contribution in [3.05, 3.63) is 30.3 Å². The molecule has 1 rings (SSSR count). The molecule has 100 valence electrons. The van der Waals surface area contributed by atoms with Crippen LogP contribution in [-0.2, 0) is 4.79 Å². The van der Waals surface area contributed by atoms with Crippen molar-refractivity contribution in [2.24, 2.45) is 0 Å². The van der Waals surface area contributed by atoms with Crippen LogP contribution in [0.4, 0.5) is 0 Å². The number of benzene rings is 1. The van der Waals surface area contributed by atoms with E-state index in [1.807, 2.05) is 49.1 Å². The average molecular weight is 286 g/mol. The van der Waals surface area contributed by atoms with Crippen LogP contribution >= 0.6 is 23.4 Å². The SMILES string of the molecule is CC(C)N(CCCCl)C(=O)CSc1ccccc1. The Bertz CT molecular complexity index is 356. The highest BCUT2D eigenvalue weighted by atomic mass is 35.5. The molecule has 0 N–H and O–H groups in total. The van der Waals surface area contributed by atoms with Gasteiger partial charge in [0.1, 0.15) is 0 Å². The van der Waals surface area contributed by atoms with Crippen LogP contribution < -0.4 is 0 Å². The van der Waals surface area contributed by atoms with Crippen molar-refractivity contribution in [3.63, 3.8) is 0 Å². The monoisotopic (exact) mass is 285 g/mol. The van der Waals surface area contributed by atoms with Crippen LogP contribution in [0.15, 0.2) is 35.2 Å². The van der Waals surface area contributed by atoms with Crippen molar-refractivity contribution in [1.29, 1.82) is 0 Å². The normalized spacial score (nSPS) is 10.7. The standard InChI is InChI=1S/C14H20ClNOS/c1-12(2)16(10-6-9-15)14(17)11-18-13-7-4-3-5-8-13/h3-5,7-8,12H,6,9-11H2,1-2H3. The average Bonchev–Trinajstić information content (AvgIpc) is 2.37. The zero-order valence-corrected chi connectivity index (χ0v) is 12.5. The predicted octanol–water partition coefficient (Wildman–Crippen LogP) is 3.64. The molecule has 1 aromatic carbocycles. The molecule has 0 aliphatic carbocycles. The van der Waals surface area contributed by atoms with Crippen molar-refractivity contribution in [2.75, 3.05) is 18.2 Å². The van der Waals surface area contributed by atoms with Gasteiger partial charge in [0.05, 0.1) is 5.75 Å². The van der Waals surface area contributed by atoms with Gasteiger partial charge in [-0.1, -0.05) is 18.2 Å². The molecule has 1 aromatic rings. The van der Waals surface area contributed by atoms with Crippen molar-refractivity contribution < 1.29 is 4.79 Å². The molecule has 0 radical (unpaired) electrons. The highest BCUT2D eigenvalue weighted by molar-refractivity contribution is 8.00. The minimum atomic E-state index is 0.184. The Hall–Kier alpha value is -0.670. The lowest BCUT2D eigenvalue weighted by atomic mass is 10.3. The van der Waals surface area contributed by atoms with Crippen LogP contribution in [0.1, 0.15) is 20.3 Å². The van der Waals surface area contributed by atoms with Gasteiger partial charge in [-0.25, -0.2) is 0 Å². The maximum absolute atomic E-state index is 12.1. The lowest BCUT2D eigenvalue weighted by Gasteiger charge is -2.26. The van der Waals surface area contributed by atoms with Gasteiger partial charge in [0.25, 0.3) is 0 Å². The van der Waals surface area contributed by atoms with Crippen molar-refractivity contribution in [2.45, 2.75) is 31.2 Å². The van der Waals surface area contributed by atoms with Gasteiger partial charge in [0.15, 0.2) is 0 Å². The zero-order valence-electron chi connectivity index (χ0n) is 10.9. The molecule has 0 aliphatic rings. The predicted molar refractivity (Wildman–Crippen MR) is 79.4 cm³/mol. The van der Waals surface area contributed by atoms with Crippen molar-refractivity contribution in [3.8, 4) is 0 Å². The summed E-state index contributed by atoms with van der Waals surface area (Å²) in [4.78, 5) is 15.2. The first-order valence-corrected chi connectivity index (χ1v) is 7.70. The molecular weight excluding hydrogens is 266 g/mol. The summed E-state index contributed by atoms with van der Waals surface area (Å²) in [6, 6.07) is 10.2. The molecule has 0 spiro atoms. The van der Waals surface area contributed by atoms with Gasteiger partial charge in [0.2, 0.25) is 5.91 Å². The number of halogens is 1. The lowest BCUT2D eigenvalue weighted by molar-refractivity contribution is -0.130. The third-order valence-electron chi connectivity index (χ3n) is 2.58. The molecule has 1 amide bonds. The minimum Gasteiger partial charge on any atom is -0.340 e. The van der Waals surface area contributed by atoms with Crippen LogP contribution in [0.3, 0.4) is 0 Å². The number of hydrogen-bond acceptors (Lipinski definition) is 2. The molecule has 0 saturated heterocycles. The summed E-state index contributed by atoms with van der Waals surface area (Å²) in [6.07, 6.45) is 0.849. The molecule has 0 saturated carbocycles. The minimum absolute atomic E-state index is 0.184. The van der Waals surface area contributed by atoms with Crippen LogP contribution in [0.25, 0.3) is 0 Å². The van der Waals surface area contributed by atoms with Crippen molar-refractivity contribution >= 4 is 29.3 Å². The van der Waals surface area contributed by atoms with E-state index in [4.69, 9.17) is 11.6 Å². The smallest absolute Gasteiger partial charge is 0.233 e. The quantitative estimate of drug-likeness (QED) is 0.563. The van der Waals surface area contributed by atoms with Gasteiger partial charge in [-0.3, -0.25) is 4.79 Å². The number of thioether (sulfide) groups is 1. The maximum Gasteiger partial charge on any atom is 0.233 e. The van der Waals surface area contributed by atoms with E-state index < -0.39 is 0 Å². The van der Waals surface area contributed by atoms with Crippen LogP contribution in [-0.4, -0.2) is 35.0 Å². The Morgan fingerprint density at radius 1 is 1.33 bits per heavy atom. The molecule has 0 aliphatic heterocycles. The van der Waals surface area contributed by atoms with E-state index in [-0.39, 0.29) is 11.9 Å². The third-order valence-corrected chi connectivity index (χ3v) is 3.85. The topological polar surface area (TPSA) is 20.3 Å². The molecular formula is C14H20ClNOS. The Balaban J connectivity index is 2.46. The molecule has 0 unspecified atom stereocenters. The summed E-state index contributed by atoms with van der Waals surface area (Å²) in [5, 5.41) is 0. The summed E-state index contributed by atoms with van der Waals surface area (Å²) in [6.45, 7) is 4.83. The third kappa shape index (κ3) is 5.32. The molecule has 4 heteroatoms. The second kappa shape index (κ2) is 8.44. The van der Waals surface area contributed by atoms with Gasteiger partial charge in [-0.2, -0.15) is 0 Å². The first-order chi connectivity index (χ1) is 8.65. The second-order valence-corrected chi connectivity index (χ2v) is 5.75. The van der Waals surface area contributed by atoms with E-state index in [0.29, 0.717) is 11.6 Å². The highest BCUT2D eigenvalue weighted by Crippen LogP contribution is 2.18. The van der Waals surface area contributed by atoms with Gasteiger partial charge < -0.3 is 4.90 Å². The Labute approximate surface area is 119 Å². The van der Waals surface area contributed by atoms with Crippen LogP contribution in [0, 0.1) is 0 Å². The van der Waals surface area contributed by atoms with E-state index in [9.17, 15) is 4.79 Å². The summed E-state index contributed by atoms with van der Waals surface area (Å²) in [7, 11) is 0. The highest BCUT2D eigenvalue weighted by Gasteiger charge is 2.16.